The number of sulfonamides is 1. The van der Waals surface area contributed by atoms with Gasteiger partial charge < -0.3 is 5.32 Å². The first-order chi connectivity index (χ1) is 11.2. The smallest absolute Gasteiger partial charge is 0.213 e. The summed E-state index contributed by atoms with van der Waals surface area (Å²) in [6.07, 6.45) is 2.86. The van der Waals surface area contributed by atoms with Gasteiger partial charge in [-0.3, -0.25) is 0 Å². The summed E-state index contributed by atoms with van der Waals surface area (Å²) in [5.41, 5.74) is 1.49. The Bertz CT molecular complexity index is 606. The van der Waals surface area contributed by atoms with Gasteiger partial charge in [-0.15, -0.1) is 0 Å². The van der Waals surface area contributed by atoms with Crippen LogP contribution < -0.4 is 5.32 Å². The highest BCUT2D eigenvalue weighted by Crippen LogP contribution is 2.28. The zero-order chi connectivity index (χ0) is 17.8. The van der Waals surface area contributed by atoms with E-state index in [1.54, 1.807) is 11.2 Å². The Kier molecular flexibility index (Phi) is 6.46. The van der Waals surface area contributed by atoms with Crippen molar-refractivity contribution >= 4 is 10.0 Å². The third-order valence-electron chi connectivity index (χ3n) is 5.10. The SMILES string of the molecule is CCS(=O)(=O)N1CCC(NC(C)CC(C)(C)c2ccccc2)CC1. The largest absolute Gasteiger partial charge is 0.311 e. The monoisotopic (exact) mass is 352 g/mol. The minimum Gasteiger partial charge on any atom is -0.311 e. The highest BCUT2D eigenvalue weighted by Gasteiger charge is 2.29. The van der Waals surface area contributed by atoms with Crippen molar-refractivity contribution in [2.24, 2.45) is 0 Å². The van der Waals surface area contributed by atoms with Crippen molar-refractivity contribution in [2.75, 3.05) is 18.8 Å². The van der Waals surface area contributed by atoms with Crippen LogP contribution in [0.4, 0.5) is 0 Å². The molecule has 0 radical (unpaired) electrons. The first kappa shape index (κ1) is 19.4. The lowest BCUT2D eigenvalue weighted by atomic mass is 9.79. The third kappa shape index (κ3) is 5.04. The van der Waals surface area contributed by atoms with Crippen LogP contribution in [-0.4, -0.2) is 43.6 Å². The Hall–Kier alpha value is -0.910. The van der Waals surface area contributed by atoms with E-state index >= 15 is 0 Å². The van der Waals surface area contributed by atoms with Gasteiger partial charge in [0.25, 0.3) is 0 Å². The van der Waals surface area contributed by atoms with Crippen LogP contribution in [0.2, 0.25) is 0 Å². The number of nitrogens with one attached hydrogen (secondary N) is 1. The van der Waals surface area contributed by atoms with Crippen molar-refractivity contribution in [3.05, 3.63) is 35.9 Å². The Morgan fingerprint density at radius 2 is 1.79 bits per heavy atom. The van der Waals surface area contributed by atoms with E-state index in [4.69, 9.17) is 0 Å². The molecule has 1 atom stereocenters. The molecule has 5 heteroatoms. The van der Waals surface area contributed by atoms with E-state index in [2.05, 4.69) is 56.4 Å². The van der Waals surface area contributed by atoms with Gasteiger partial charge >= 0.3 is 0 Å². The fourth-order valence-electron chi connectivity index (χ4n) is 3.72. The molecule has 1 unspecified atom stereocenters. The molecular formula is C19H32N2O2S. The summed E-state index contributed by atoms with van der Waals surface area (Å²) < 4.78 is 25.5. The average molecular weight is 353 g/mol. The minimum atomic E-state index is -3.03. The van der Waals surface area contributed by atoms with Gasteiger partial charge in [0, 0.05) is 25.2 Å². The second-order valence-electron chi connectivity index (χ2n) is 7.60. The molecule has 24 heavy (non-hydrogen) atoms. The summed E-state index contributed by atoms with van der Waals surface area (Å²) in [6.45, 7) is 9.81. The van der Waals surface area contributed by atoms with E-state index < -0.39 is 10.0 Å². The van der Waals surface area contributed by atoms with Gasteiger partial charge in [-0.25, -0.2) is 12.7 Å². The molecule has 0 amide bonds. The zero-order valence-electron chi connectivity index (χ0n) is 15.5. The zero-order valence-corrected chi connectivity index (χ0v) is 16.3. The maximum atomic E-state index is 11.9. The number of benzene rings is 1. The molecule has 1 aliphatic heterocycles. The third-order valence-corrected chi connectivity index (χ3v) is 6.99. The predicted octanol–water partition coefficient (Wildman–Crippen LogP) is 3.15. The molecule has 0 saturated carbocycles. The summed E-state index contributed by atoms with van der Waals surface area (Å²) >= 11 is 0. The summed E-state index contributed by atoms with van der Waals surface area (Å²) in [7, 11) is -3.03. The van der Waals surface area contributed by atoms with Crippen molar-refractivity contribution in [3.63, 3.8) is 0 Å². The van der Waals surface area contributed by atoms with Crippen LogP contribution in [0.5, 0.6) is 0 Å². The number of piperidine rings is 1. The molecule has 2 rings (SSSR count). The van der Waals surface area contributed by atoms with Crippen molar-refractivity contribution in [2.45, 2.75) is 64.5 Å². The van der Waals surface area contributed by atoms with Crippen molar-refractivity contribution in [3.8, 4) is 0 Å². The maximum absolute atomic E-state index is 11.9. The standard InChI is InChI=1S/C19H32N2O2S/c1-5-24(22,23)21-13-11-18(12-14-21)20-16(2)15-19(3,4)17-9-7-6-8-10-17/h6-10,16,18,20H,5,11-15H2,1-4H3. The average Bonchev–Trinajstić information content (AvgIpc) is 2.55. The minimum absolute atomic E-state index is 0.125. The first-order valence-corrected chi connectivity index (χ1v) is 10.6. The van der Waals surface area contributed by atoms with Crippen molar-refractivity contribution < 1.29 is 8.42 Å². The van der Waals surface area contributed by atoms with Gasteiger partial charge in [0.05, 0.1) is 5.75 Å². The van der Waals surface area contributed by atoms with E-state index in [-0.39, 0.29) is 11.2 Å². The lowest BCUT2D eigenvalue weighted by molar-refractivity contribution is 0.262. The highest BCUT2D eigenvalue weighted by molar-refractivity contribution is 7.89. The summed E-state index contributed by atoms with van der Waals surface area (Å²) in [6, 6.07) is 11.5. The van der Waals surface area contributed by atoms with Crippen LogP contribution in [0.15, 0.2) is 30.3 Å². The Balaban J connectivity index is 1.85. The second kappa shape index (κ2) is 7.98. The second-order valence-corrected chi connectivity index (χ2v) is 9.85. The fraction of sp³-hybridized carbons (Fsp3) is 0.684. The predicted molar refractivity (Wildman–Crippen MR) is 101 cm³/mol. The molecule has 1 aromatic carbocycles. The van der Waals surface area contributed by atoms with Crippen LogP contribution in [0, 0.1) is 0 Å². The van der Waals surface area contributed by atoms with E-state index in [0.717, 1.165) is 19.3 Å². The van der Waals surface area contributed by atoms with E-state index in [1.807, 2.05) is 0 Å². The molecule has 1 N–H and O–H groups in total. The van der Waals surface area contributed by atoms with Gasteiger partial charge in [0.15, 0.2) is 0 Å². The molecule has 0 spiro atoms. The van der Waals surface area contributed by atoms with E-state index in [1.165, 1.54) is 5.56 Å². The van der Waals surface area contributed by atoms with Crippen LogP contribution >= 0.6 is 0 Å². The lowest BCUT2D eigenvalue weighted by Crippen LogP contribution is -2.48. The van der Waals surface area contributed by atoms with Crippen molar-refractivity contribution in [1.82, 2.24) is 9.62 Å². The number of nitrogens with zero attached hydrogens (tertiary/aromatic N) is 1. The molecule has 1 saturated heterocycles. The van der Waals surface area contributed by atoms with Gasteiger partial charge in [-0.05, 0) is 44.1 Å². The summed E-state index contributed by atoms with van der Waals surface area (Å²) in [5.74, 6) is 0.201. The van der Waals surface area contributed by atoms with Crippen LogP contribution in [0.1, 0.15) is 52.5 Å². The van der Waals surface area contributed by atoms with Gasteiger partial charge in [-0.1, -0.05) is 44.2 Å². The number of hydrogen-bond acceptors (Lipinski definition) is 3. The molecule has 1 aromatic rings. The van der Waals surface area contributed by atoms with Gasteiger partial charge in [0.1, 0.15) is 0 Å². The van der Waals surface area contributed by atoms with Crippen LogP contribution in [-0.2, 0) is 15.4 Å². The molecule has 0 aliphatic carbocycles. The summed E-state index contributed by atoms with van der Waals surface area (Å²) in [4.78, 5) is 0. The molecule has 0 bridgehead atoms. The Labute approximate surface area is 147 Å². The van der Waals surface area contributed by atoms with E-state index in [0.29, 0.717) is 25.2 Å². The molecule has 0 aromatic heterocycles. The topological polar surface area (TPSA) is 49.4 Å². The van der Waals surface area contributed by atoms with Gasteiger partial charge in [-0.2, -0.15) is 0 Å². The number of hydrogen-bond donors (Lipinski definition) is 1. The molecule has 1 fully saturated rings. The fourth-order valence-corrected chi connectivity index (χ4v) is 4.85. The molecule has 4 nitrogen and oxygen atoms in total. The van der Waals surface area contributed by atoms with Gasteiger partial charge in [0.2, 0.25) is 10.0 Å². The van der Waals surface area contributed by atoms with Crippen LogP contribution in [0.3, 0.4) is 0 Å². The Morgan fingerprint density at radius 1 is 1.21 bits per heavy atom. The number of rotatable bonds is 7. The van der Waals surface area contributed by atoms with E-state index in [9.17, 15) is 8.42 Å². The molecule has 1 heterocycles. The van der Waals surface area contributed by atoms with Crippen LogP contribution in [0.25, 0.3) is 0 Å². The maximum Gasteiger partial charge on any atom is 0.213 e. The normalized spacial score (nSPS) is 19.3. The first-order valence-electron chi connectivity index (χ1n) is 9.04. The van der Waals surface area contributed by atoms with Crippen molar-refractivity contribution in [1.29, 1.82) is 0 Å². The Morgan fingerprint density at radius 3 is 2.33 bits per heavy atom. The quantitative estimate of drug-likeness (QED) is 0.820. The molecular weight excluding hydrogens is 320 g/mol. The molecule has 136 valence electrons. The molecule has 1 aliphatic rings. The summed E-state index contributed by atoms with van der Waals surface area (Å²) in [5, 5.41) is 3.71. The lowest BCUT2D eigenvalue weighted by Gasteiger charge is -2.35. The highest BCUT2D eigenvalue weighted by atomic mass is 32.2.